The van der Waals surface area contributed by atoms with E-state index in [-0.39, 0.29) is 34.3 Å². The molecule has 0 radical (unpaired) electrons. The molecule has 1 aromatic heterocycles. The average molecular weight is 676 g/mol. The zero-order valence-corrected chi connectivity index (χ0v) is 28.5. The third-order valence-electron chi connectivity index (χ3n) is 9.07. The molecule has 0 spiro atoms. The molecule has 0 bridgehead atoms. The van der Waals surface area contributed by atoms with Crippen molar-refractivity contribution >= 4 is 29.4 Å². The highest BCUT2D eigenvalue weighted by molar-refractivity contribution is 6.33. The standard InChI is InChI=1S/C38H41ClF3N5O/c1-20(2)26-15-27(32(41)17-31(26)40)36-34(42)29(38(4,5)37(44)48)16-33(47-36)28(22-9-7-6-8-10-22)19-45-21(3)23-13-24(18-46-25-11-12-25)35(43)30(39)14-23/h6-10,13-18,20-21,25,28,45H,11-12,19,43H2,1-5H3,(H2,44,48). The van der Waals surface area contributed by atoms with Crippen molar-refractivity contribution in [3.05, 3.63) is 117 Å². The summed E-state index contributed by atoms with van der Waals surface area (Å²) in [5, 5.41) is 3.97. The highest BCUT2D eigenvalue weighted by Gasteiger charge is 2.35. The van der Waals surface area contributed by atoms with Crippen molar-refractivity contribution in [3.63, 3.8) is 0 Å². The number of nitrogens with zero attached hydrogens (tertiary/aromatic N) is 2. The first kappa shape index (κ1) is 35.1. The fourth-order valence-corrected chi connectivity index (χ4v) is 5.84. The largest absolute Gasteiger partial charge is 0.397 e. The third-order valence-corrected chi connectivity index (χ3v) is 9.39. The van der Waals surface area contributed by atoms with Crippen LogP contribution in [0.4, 0.5) is 18.9 Å². The molecule has 0 aliphatic heterocycles. The Morgan fingerprint density at radius 1 is 1.04 bits per heavy atom. The molecule has 1 amide bonds. The topological polar surface area (TPSA) is 106 Å². The second-order valence-electron chi connectivity index (χ2n) is 13.4. The normalized spacial score (nSPS) is 14.9. The fourth-order valence-electron chi connectivity index (χ4n) is 5.60. The van der Waals surface area contributed by atoms with Crippen molar-refractivity contribution < 1.29 is 18.0 Å². The summed E-state index contributed by atoms with van der Waals surface area (Å²) in [7, 11) is 0. The number of hydrogen-bond donors (Lipinski definition) is 3. The Balaban J connectivity index is 1.61. The number of carbonyl (C=O) groups is 1. The van der Waals surface area contributed by atoms with Gasteiger partial charge in [0, 0.05) is 47.5 Å². The van der Waals surface area contributed by atoms with E-state index in [4.69, 9.17) is 28.1 Å². The van der Waals surface area contributed by atoms with Gasteiger partial charge in [0.2, 0.25) is 5.91 Å². The highest BCUT2D eigenvalue weighted by Crippen LogP contribution is 2.38. The number of anilines is 1. The number of pyridine rings is 1. The van der Waals surface area contributed by atoms with Gasteiger partial charge in [0.1, 0.15) is 17.3 Å². The maximum atomic E-state index is 16.5. The van der Waals surface area contributed by atoms with E-state index in [1.807, 2.05) is 49.4 Å². The van der Waals surface area contributed by atoms with Crippen molar-refractivity contribution in [3.8, 4) is 11.3 Å². The van der Waals surface area contributed by atoms with Crippen LogP contribution in [0, 0.1) is 17.5 Å². The predicted molar refractivity (Wildman–Crippen MR) is 187 cm³/mol. The lowest BCUT2D eigenvalue weighted by Crippen LogP contribution is -2.37. The number of rotatable bonds is 12. The first-order chi connectivity index (χ1) is 22.7. The van der Waals surface area contributed by atoms with Crippen molar-refractivity contribution in [2.75, 3.05) is 12.3 Å². The van der Waals surface area contributed by atoms with Gasteiger partial charge >= 0.3 is 0 Å². The third kappa shape index (κ3) is 7.42. The maximum absolute atomic E-state index is 16.5. The predicted octanol–water partition coefficient (Wildman–Crippen LogP) is 8.35. The number of nitrogens with two attached hydrogens (primary N) is 2. The lowest BCUT2D eigenvalue weighted by atomic mass is 9.81. The summed E-state index contributed by atoms with van der Waals surface area (Å²) in [5.74, 6) is -4.15. The molecule has 48 heavy (non-hydrogen) atoms. The minimum atomic E-state index is -1.48. The van der Waals surface area contributed by atoms with Crippen molar-refractivity contribution in [1.29, 1.82) is 0 Å². The molecule has 1 aliphatic carbocycles. The summed E-state index contributed by atoms with van der Waals surface area (Å²) in [6.07, 6.45) is 3.90. The Morgan fingerprint density at radius 3 is 2.35 bits per heavy atom. The second-order valence-corrected chi connectivity index (χ2v) is 13.8. The molecule has 0 saturated heterocycles. The Bertz CT molecular complexity index is 1860. The Hall–Kier alpha value is -4.21. The van der Waals surface area contributed by atoms with Crippen LogP contribution in [0.2, 0.25) is 5.02 Å². The van der Waals surface area contributed by atoms with Gasteiger partial charge in [-0.1, -0.05) is 55.8 Å². The number of aromatic nitrogens is 1. The van der Waals surface area contributed by atoms with E-state index in [0.29, 0.717) is 29.0 Å². The molecule has 10 heteroatoms. The van der Waals surface area contributed by atoms with Crippen LogP contribution in [0.5, 0.6) is 0 Å². The van der Waals surface area contributed by atoms with Crippen molar-refractivity contribution in [2.45, 2.75) is 76.8 Å². The van der Waals surface area contributed by atoms with E-state index in [1.54, 1.807) is 20.1 Å². The molecule has 1 fully saturated rings. The molecule has 252 valence electrons. The van der Waals surface area contributed by atoms with E-state index in [0.717, 1.165) is 35.6 Å². The SMILES string of the molecule is CC(C)c1cc(-c2nc(C(CNC(C)c3cc(Cl)c(N)c(C=NC4CC4)c3)c3ccccc3)cc(C(C)(C)C(N)=O)c2F)c(F)cc1F. The molecule has 5 rings (SSSR count). The number of hydrogen-bond acceptors (Lipinski definition) is 5. The molecule has 5 N–H and O–H groups in total. The highest BCUT2D eigenvalue weighted by atomic mass is 35.5. The Kier molecular flexibility index (Phi) is 10.3. The lowest BCUT2D eigenvalue weighted by molar-refractivity contribution is -0.122. The Labute approximate surface area is 284 Å². The van der Waals surface area contributed by atoms with Gasteiger partial charge in [-0.15, -0.1) is 0 Å². The number of carbonyl (C=O) groups excluding carboxylic acids is 1. The molecule has 6 nitrogen and oxygen atoms in total. The van der Waals surface area contributed by atoms with E-state index in [1.165, 1.54) is 26.0 Å². The van der Waals surface area contributed by atoms with Crippen LogP contribution in [0.3, 0.4) is 0 Å². The summed E-state index contributed by atoms with van der Waals surface area (Å²) in [6, 6.07) is 16.9. The van der Waals surface area contributed by atoms with Gasteiger partial charge in [0.05, 0.1) is 27.9 Å². The zero-order chi connectivity index (χ0) is 34.9. The van der Waals surface area contributed by atoms with Gasteiger partial charge in [0.25, 0.3) is 0 Å². The number of halogens is 4. The number of nitrogen functional groups attached to an aromatic ring is 1. The number of primary amides is 1. The van der Waals surface area contributed by atoms with Crippen LogP contribution < -0.4 is 16.8 Å². The molecule has 1 saturated carbocycles. The summed E-state index contributed by atoms with van der Waals surface area (Å²) in [4.78, 5) is 21.9. The van der Waals surface area contributed by atoms with E-state index in [9.17, 15) is 9.18 Å². The number of aliphatic imine (C=N–C) groups is 1. The summed E-state index contributed by atoms with van der Waals surface area (Å²) < 4.78 is 46.6. The minimum Gasteiger partial charge on any atom is -0.397 e. The van der Waals surface area contributed by atoms with Crippen LogP contribution in [0.1, 0.15) is 98.8 Å². The Morgan fingerprint density at radius 2 is 1.73 bits per heavy atom. The molecular formula is C38H41ClF3N5O. The van der Waals surface area contributed by atoms with Gasteiger partial charge in [-0.2, -0.15) is 0 Å². The molecular weight excluding hydrogens is 635 g/mol. The molecule has 2 atom stereocenters. The first-order valence-corrected chi connectivity index (χ1v) is 16.5. The lowest BCUT2D eigenvalue weighted by Gasteiger charge is -2.27. The van der Waals surface area contributed by atoms with Crippen molar-refractivity contribution in [2.24, 2.45) is 10.7 Å². The van der Waals surface area contributed by atoms with E-state index >= 15 is 8.78 Å². The average Bonchev–Trinajstić information content (AvgIpc) is 3.87. The molecule has 2 unspecified atom stereocenters. The summed E-state index contributed by atoms with van der Waals surface area (Å²) in [5.41, 5.74) is 13.5. The van der Waals surface area contributed by atoms with Gasteiger partial charge < -0.3 is 16.8 Å². The molecule has 3 aromatic carbocycles. The molecule has 1 aliphatic rings. The van der Waals surface area contributed by atoms with Gasteiger partial charge in [-0.3, -0.25) is 9.79 Å². The number of benzene rings is 3. The molecule has 4 aromatic rings. The monoisotopic (exact) mass is 675 g/mol. The van der Waals surface area contributed by atoms with Gasteiger partial charge in [-0.05, 0) is 80.5 Å². The number of amides is 1. The fraction of sp³-hybridized carbons (Fsp3) is 0.342. The first-order valence-electron chi connectivity index (χ1n) is 16.1. The van der Waals surface area contributed by atoms with Crippen LogP contribution in [-0.4, -0.2) is 29.7 Å². The quantitative estimate of drug-likeness (QED) is 0.104. The minimum absolute atomic E-state index is 0.0382. The van der Waals surface area contributed by atoms with Gasteiger partial charge in [0.15, 0.2) is 5.82 Å². The van der Waals surface area contributed by atoms with Crippen LogP contribution in [0.25, 0.3) is 11.3 Å². The van der Waals surface area contributed by atoms with Crippen LogP contribution in [0.15, 0.2) is 65.7 Å². The van der Waals surface area contributed by atoms with Crippen molar-refractivity contribution in [1.82, 2.24) is 10.3 Å². The molecule has 1 heterocycles. The van der Waals surface area contributed by atoms with E-state index < -0.39 is 34.7 Å². The van der Waals surface area contributed by atoms with E-state index in [2.05, 4.69) is 10.3 Å². The summed E-state index contributed by atoms with van der Waals surface area (Å²) >= 11 is 6.53. The van der Waals surface area contributed by atoms with Gasteiger partial charge in [-0.25, -0.2) is 18.2 Å². The second kappa shape index (κ2) is 14.1. The number of nitrogens with one attached hydrogen (secondary N) is 1. The maximum Gasteiger partial charge on any atom is 0.227 e. The zero-order valence-electron chi connectivity index (χ0n) is 27.8. The smallest absolute Gasteiger partial charge is 0.227 e. The van der Waals surface area contributed by atoms with Crippen LogP contribution >= 0.6 is 11.6 Å². The summed E-state index contributed by atoms with van der Waals surface area (Å²) in [6.45, 7) is 8.84. The van der Waals surface area contributed by atoms with Crippen LogP contribution in [-0.2, 0) is 10.2 Å².